The maximum absolute atomic E-state index is 15.4. The van der Waals surface area contributed by atoms with Gasteiger partial charge in [0, 0.05) is 32.4 Å². The first-order chi connectivity index (χ1) is 14.4. The third-order valence-electron chi connectivity index (χ3n) is 6.87. The Morgan fingerprint density at radius 3 is 2.83 bits per heavy atom. The van der Waals surface area contributed by atoms with E-state index in [0.717, 1.165) is 31.7 Å². The lowest BCUT2D eigenvalue weighted by Gasteiger charge is -2.33. The number of benzene rings is 1. The van der Waals surface area contributed by atoms with E-state index in [1.807, 2.05) is 4.90 Å². The van der Waals surface area contributed by atoms with Crippen molar-refractivity contribution in [2.75, 3.05) is 36.8 Å². The van der Waals surface area contributed by atoms with Crippen molar-refractivity contribution in [1.82, 2.24) is 4.68 Å². The molecular formula is C21H25FN4O4. The molecule has 2 aliphatic heterocycles. The number of rotatable bonds is 2. The second-order valence-corrected chi connectivity index (χ2v) is 8.66. The molecule has 5 rings (SSSR count). The van der Waals surface area contributed by atoms with Crippen molar-refractivity contribution in [3.63, 3.8) is 0 Å². The number of aromatic carboxylic acids is 1. The van der Waals surface area contributed by atoms with E-state index in [4.69, 9.17) is 10.5 Å². The molecule has 160 valence electrons. The lowest BCUT2D eigenvalue weighted by atomic mass is 9.88. The molecule has 9 heteroatoms. The Kier molecular flexibility index (Phi) is 4.39. The summed E-state index contributed by atoms with van der Waals surface area (Å²) in [5.74, 6) is -0.907. The quantitative estimate of drug-likeness (QED) is 0.769. The fraction of sp³-hybridized carbons (Fsp3) is 0.524. The maximum atomic E-state index is 15.4. The lowest BCUT2D eigenvalue weighted by Crippen LogP contribution is -2.40. The Labute approximate surface area is 172 Å². The van der Waals surface area contributed by atoms with Crippen molar-refractivity contribution in [2.24, 2.45) is 17.6 Å². The van der Waals surface area contributed by atoms with Crippen molar-refractivity contribution in [3.8, 4) is 5.75 Å². The molecule has 0 amide bonds. The first-order valence-corrected chi connectivity index (χ1v) is 10.4. The van der Waals surface area contributed by atoms with E-state index in [-0.39, 0.29) is 18.2 Å². The predicted octanol–water partition coefficient (Wildman–Crippen LogP) is 1.71. The summed E-state index contributed by atoms with van der Waals surface area (Å²) in [6.45, 7) is 1.46. The van der Waals surface area contributed by atoms with Crippen LogP contribution in [0.25, 0.3) is 10.9 Å². The highest BCUT2D eigenvalue weighted by atomic mass is 19.1. The molecule has 0 unspecified atom stereocenters. The minimum Gasteiger partial charge on any atom is -0.477 e. The normalized spacial score (nSPS) is 25.8. The molecule has 1 aromatic carbocycles. The molecule has 3 atom stereocenters. The molecule has 3 N–H and O–H groups in total. The van der Waals surface area contributed by atoms with Gasteiger partial charge in [0.15, 0.2) is 18.3 Å². The number of halogens is 1. The van der Waals surface area contributed by atoms with Crippen LogP contribution in [0.5, 0.6) is 5.75 Å². The number of carbonyl (C=O) groups is 1. The number of anilines is 1. The minimum absolute atomic E-state index is 0.00261. The molecule has 30 heavy (non-hydrogen) atoms. The molecule has 3 aliphatic rings. The summed E-state index contributed by atoms with van der Waals surface area (Å²) >= 11 is 0. The molecule has 8 nitrogen and oxygen atoms in total. The van der Waals surface area contributed by atoms with E-state index in [1.54, 1.807) is 16.7 Å². The summed E-state index contributed by atoms with van der Waals surface area (Å²) in [5.41, 5.74) is 6.04. The lowest BCUT2D eigenvalue weighted by molar-refractivity contribution is 0.0694. The predicted molar refractivity (Wildman–Crippen MR) is 110 cm³/mol. The number of hydrogen-bond acceptors (Lipinski definition) is 6. The molecule has 3 heterocycles. The van der Waals surface area contributed by atoms with Gasteiger partial charge < -0.3 is 20.5 Å². The first-order valence-electron chi connectivity index (χ1n) is 10.4. The molecular weight excluding hydrogens is 391 g/mol. The minimum atomic E-state index is -1.34. The van der Waals surface area contributed by atoms with Crippen molar-refractivity contribution < 1.29 is 19.0 Å². The third-order valence-corrected chi connectivity index (χ3v) is 6.87. The van der Waals surface area contributed by atoms with Gasteiger partial charge in [-0.05, 0) is 30.7 Å². The van der Waals surface area contributed by atoms with Crippen LogP contribution in [0.3, 0.4) is 0 Å². The summed E-state index contributed by atoms with van der Waals surface area (Å²) in [5, 5.41) is 11.1. The van der Waals surface area contributed by atoms with E-state index in [9.17, 15) is 14.7 Å². The standard InChI is InChI=1S/C21H25FN4O4/c1-24-10-30-20-17-12(19(27)14(21(28)29)9-26(17)24)6-15(22)18(20)25-7-11-4-2-3-5-16(23)13(11)8-25/h6,9,11,13,16H,2-5,7-8,10,23H2,1H3,(H,28,29)/t11-,13+,16-/m1/s1. The van der Waals surface area contributed by atoms with Crippen LogP contribution < -0.4 is 25.8 Å². The molecule has 1 aromatic heterocycles. The van der Waals surface area contributed by atoms with E-state index in [0.29, 0.717) is 41.9 Å². The number of carboxylic acid groups (broad SMARTS) is 1. The number of pyridine rings is 1. The fourth-order valence-electron chi connectivity index (χ4n) is 5.34. The van der Waals surface area contributed by atoms with Crippen LogP contribution in [-0.4, -0.2) is 48.7 Å². The number of hydrogen-bond donors (Lipinski definition) is 2. The van der Waals surface area contributed by atoms with E-state index in [1.165, 1.54) is 6.20 Å². The van der Waals surface area contributed by atoms with Gasteiger partial charge in [-0.3, -0.25) is 14.5 Å². The highest BCUT2D eigenvalue weighted by Gasteiger charge is 2.40. The topological polar surface area (TPSA) is 101 Å². The Hall–Kier alpha value is -2.81. The third kappa shape index (κ3) is 2.75. The molecule has 1 saturated carbocycles. The van der Waals surface area contributed by atoms with Crippen molar-refractivity contribution in [1.29, 1.82) is 0 Å². The van der Waals surface area contributed by atoms with Gasteiger partial charge in [0.2, 0.25) is 5.43 Å². The van der Waals surface area contributed by atoms with Crippen LogP contribution in [0, 0.1) is 17.7 Å². The molecule has 0 spiro atoms. The van der Waals surface area contributed by atoms with Crippen LogP contribution >= 0.6 is 0 Å². The average Bonchev–Trinajstić information content (AvgIpc) is 3.04. The first kappa shape index (κ1) is 19.2. The summed E-state index contributed by atoms with van der Waals surface area (Å²) < 4.78 is 22.8. The second-order valence-electron chi connectivity index (χ2n) is 8.66. The Morgan fingerprint density at radius 1 is 1.30 bits per heavy atom. The van der Waals surface area contributed by atoms with Gasteiger partial charge in [0.25, 0.3) is 0 Å². The van der Waals surface area contributed by atoms with Gasteiger partial charge in [-0.15, -0.1) is 0 Å². The highest BCUT2D eigenvalue weighted by Crippen LogP contribution is 2.44. The monoisotopic (exact) mass is 416 g/mol. The fourth-order valence-corrected chi connectivity index (χ4v) is 5.34. The summed E-state index contributed by atoms with van der Waals surface area (Å²) in [6.07, 6.45) is 5.62. The van der Waals surface area contributed by atoms with E-state index >= 15 is 4.39 Å². The summed E-state index contributed by atoms with van der Waals surface area (Å²) in [7, 11) is 1.72. The zero-order valence-electron chi connectivity index (χ0n) is 16.8. The van der Waals surface area contributed by atoms with Crippen molar-refractivity contribution in [2.45, 2.75) is 31.7 Å². The van der Waals surface area contributed by atoms with Gasteiger partial charge in [-0.1, -0.05) is 12.8 Å². The van der Waals surface area contributed by atoms with Crippen LogP contribution in [0.2, 0.25) is 0 Å². The molecule has 2 fully saturated rings. The van der Waals surface area contributed by atoms with E-state index < -0.39 is 22.8 Å². The number of carboxylic acids is 1. The maximum Gasteiger partial charge on any atom is 0.341 e. The molecule has 1 aliphatic carbocycles. The number of nitrogens with two attached hydrogens (primary N) is 1. The number of aromatic nitrogens is 1. The Morgan fingerprint density at radius 2 is 2.07 bits per heavy atom. The van der Waals surface area contributed by atoms with Gasteiger partial charge in [-0.2, -0.15) is 0 Å². The van der Waals surface area contributed by atoms with Crippen LogP contribution in [-0.2, 0) is 0 Å². The van der Waals surface area contributed by atoms with Crippen molar-refractivity contribution >= 4 is 22.6 Å². The van der Waals surface area contributed by atoms with Gasteiger partial charge >= 0.3 is 5.97 Å². The highest BCUT2D eigenvalue weighted by molar-refractivity contribution is 5.97. The number of fused-ring (bicyclic) bond motifs is 1. The molecule has 0 radical (unpaired) electrons. The summed E-state index contributed by atoms with van der Waals surface area (Å²) in [6, 6.07) is 1.25. The van der Waals surface area contributed by atoms with Gasteiger partial charge in [0.1, 0.15) is 16.8 Å². The van der Waals surface area contributed by atoms with Crippen LogP contribution in [0.1, 0.15) is 36.0 Å². The smallest absolute Gasteiger partial charge is 0.341 e. The summed E-state index contributed by atoms with van der Waals surface area (Å²) in [4.78, 5) is 26.3. The molecule has 1 saturated heterocycles. The van der Waals surface area contributed by atoms with Crippen molar-refractivity contribution in [3.05, 3.63) is 33.9 Å². The zero-order chi connectivity index (χ0) is 21.2. The Balaban J connectivity index is 1.68. The molecule has 2 aromatic rings. The Bertz CT molecular complexity index is 1100. The largest absolute Gasteiger partial charge is 0.477 e. The van der Waals surface area contributed by atoms with Crippen LogP contribution in [0.4, 0.5) is 10.1 Å². The number of nitrogens with zero attached hydrogens (tertiary/aromatic N) is 3. The van der Waals surface area contributed by atoms with Crippen LogP contribution in [0.15, 0.2) is 17.1 Å². The zero-order valence-corrected chi connectivity index (χ0v) is 16.8. The molecule has 0 bridgehead atoms. The SMILES string of the molecule is CN1COc2c(N3C[C@H]4CCCC[C@@H](N)[C@H]4C3)c(F)cc3c(=O)c(C(=O)O)cn1c23. The number of ether oxygens (including phenoxy) is 1. The van der Waals surface area contributed by atoms with E-state index in [2.05, 4.69) is 0 Å². The van der Waals surface area contributed by atoms with Gasteiger partial charge in [0.05, 0.1) is 5.39 Å². The average molecular weight is 416 g/mol. The second kappa shape index (κ2) is 6.87. The van der Waals surface area contributed by atoms with Gasteiger partial charge in [-0.25, -0.2) is 9.18 Å².